The number of amides is 2. The van der Waals surface area contributed by atoms with Gasteiger partial charge in [-0.3, -0.25) is 24.1 Å². The number of halogens is 1. The molecule has 1 heterocycles. The van der Waals surface area contributed by atoms with E-state index < -0.39 is 35.0 Å². The maximum absolute atomic E-state index is 15.0. The number of carbonyl (C=O) groups excluding carboxylic acids is 4. The maximum Gasteiger partial charge on any atom is 0.238 e. The highest BCUT2D eigenvalue weighted by Gasteiger charge is 2.66. The van der Waals surface area contributed by atoms with Gasteiger partial charge in [0.15, 0.2) is 11.6 Å². The molecule has 6 nitrogen and oxygen atoms in total. The van der Waals surface area contributed by atoms with E-state index in [-0.39, 0.29) is 35.6 Å². The molecule has 47 heavy (non-hydrogen) atoms. The Morgan fingerprint density at radius 3 is 2.17 bits per heavy atom. The number of hydrogen-bond donors (Lipinski definition) is 1. The molecular formula is C40H30INO5. The first-order valence-corrected chi connectivity index (χ1v) is 16.9. The molecule has 2 amide bonds. The number of hydrogen-bond acceptors (Lipinski definition) is 5. The van der Waals surface area contributed by atoms with Crippen LogP contribution in [0.4, 0.5) is 5.69 Å². The molecule has 1 saturated carbocycles. The minimum Gasteiger partial charge on any atom is -0.508 e. The quantitative estimate of drug-likeness (QED) is 0.138. The van der Waals surface area contributed by atoms with Crippen LogP contribution in [0.15, 0.2) is 127 Å². The van der Waals surface area contributed by atoms with Crippen LogP contribution in [0.3, 0.4) is 0 Å². The molecule has 6 unspecified atom stereocenters. The summed E-state index contributed by atoms with van der Waals surface area (Å²) in [6.45, 7) is 0. The number of phenols is 1. The lowest BCUT2D eigenvalue weighted by atomic mass is 9.44. The van der Waals surface area contributed by atoms with E-state index in [1.807, 2.05) is 84.9 Å². The average molecular weight is 732 g/mol. The smallest absolute Gasteiger partial charge is 0.238 e. The zero-order valence-electron chi connectivity index (χ0n) is 25.3. The second-order valence-corrected chi connectivity index (χ2v) is 14.1. The van der Waals surface area contributed by atoms with E-state index in [0.717, 1.165) is 14.7 Å². The van der Waals surface area contributed by atoms with Crippen LogP contribution < -0.4 is 4.90 Å². The van der Waals surface area contributed by atoms with E-state index in [1.165, 1.54) is 11.0 Å². The van der Waals surface area contributed by atoms with Gasteiger partial charge in [-0.15, -0.1) is 0 Å². The standard InChI is InChI=1S/C40H30INO5/c41-26-14-16-27(17-15-26)42-38(46)30-19-18-29-32(35(30)39(42)47)21-33-37(45)31(23-8-3-1-4-9-23)22-34(44)40(33,25-11-5-2-6-12-25)36(29)24-10-7-13-28(43)20-24/h1-18,20,22,30,32-33,35-36,43H,19,21H2. The molecule has 4 aliphatic rings. The number of nitrogens with zero attached hydrogens (tertiary/aromatic N) is 1. The van der Waals surface area contributed by atoms with Crippen LogP contribution in [0.2, 0.25) is 0 Å². The Morgan fingerprint density at radius 1 is 0.766 bits per heavy atom. The number of phenolic OH excluding ortho intramolecular Hbond substituents is 1. The van der Waals surface area contributed by atoms with Crippen LogP contribution in [0.1, 0.15) is 35.4 Å². The molecule has 0 radical (unpaired) electrons. The first kappa shape index (κ1) is 29.8. The molecule has 0 bridgehead atoms. The number of ketones is 2. The highest BCUT2D eigenvalue weighted by molar-refractivity contribution is 14.1. The van der Waals surface area contributed by atoms with E-state index >= 15 is 0 Å². The summed E-state index contributed by atoms with van der Waals surface area (Å²) in [7, 11) is 0. The third kappa shape index (κ3) is 4.43. The summed E-state index contributed by atoms with van der Waals surface area (Å²) in [6, 6.07) is 32.9. The summed E-state index contributed by atoms with van der Waals surface area (Å²) in [4.78, 5) is 59.5. The van der Waals surface area contributed by atoms with Gasteiger partial charge >= 0.3 is 0 Å². The molecule has 6 atom stereocenters. The van der Waals surface area contributed by atoms with Crippen molar-refractivity contribution in [3.05, 3.63) is 147 Å². The van der Waals surface area contributed by atoms with Gasteiger partial charge in [-0.1, -0.05) is 84.4 Å². The van der Waals surface area contributed by atoms with Crippen molar-refractivity contribution in [2.45, 2.75) is 24.2 Å². The Balaban J connectivity index is 1.35. The van der Waals surface area contributed by atoms with E-state index in [1.54, 1.807) is 30.3 Å². The number of imide groups is 1. The number of fused-ring (bicyclic) bond motifs is 4. The number of aromatic hydroxyl groups is 1. The van der Waals surface area contributed by atoms with Crippen LogP contribution in [0.5, 0.6) is 5.75 Å². The van der Waals surface area contributed by atoms with Crippen molar-refractivity contribution in [3.63, 3.8) is 0 Å². The molecule has 3 aliphatic carbocycles. The third-order valence-electron chi connectivity index (χ3n) is 10.7. The summed E-state index contributed by atoms with van der Waals surface area (Å²) < 4.78 is 0.994. The summed E-state index contributed by atoms with van der Waals surface area (Å²) >= 11 is 2.19. The maximum atomic E-state index is 15.0. The predicted octanol–water partition coefficient (Wildman–Crippen LogP) is 7.03. The lowest BCUT2D eigenvalue weighted by Crippen LogP contribution is -2.58. The molecule has 8 rings (SSSR count). The fraction of sp³-hybridized carbons (Fsp3) is 0.200. The molecule has 1 N–H and O–H groups in total. The minimum atomic E-state index is -1.32. The molecule has 0 aromatic heterocycles. The first-order valence-electron chi connectivity index (χ1n) is 15.8. The zero-order valence-corrected chi connectivity index (χ0v) is 27.4. The highest BCUT2D eigenvalue weighted by atomic mass is 127. The van der Waals surface area contributed by atoms with Gasteiger partial charge in [0.1, 0.15) is 5.75 Å². The second kappa shape index (κ2) is 11.3. The number of allylic oxidation sites excluding steroid dienone is 4. The molecule has 2 fully saturated rings. The van der Waals surface area contributed by atoms with Crippen molar-refractivity contribution in [2.75, 3.05) is 4.90 Å². The van der Waals surface area contributed by atoms with Crippen molar-refractivity contribution in [1.82, 2.24) is 0 Å². The van der Waals surface area contributed by atoms with E-state index in [9.17, 15) is 24.3 Å². The molecule has 4 aromatic rings. The van der Waals surface area contributed by atoms with E-state index in [0.29, 0.717) is 28.8 Å². The highest BCUT2D eigenvalue weighted by Crippen LogP contribution is 2.63. The van der Waals surface area contributed by atoms with Crippen molar-refractivity contribution < 1.29 is 24.3 Å². The molecule has 1 aliphatic heterocycles. The predicted molar refractivity (Wildman–Crippen MR) is 186 cm³/mol. The van der Waals surface area contributed by atoms with Crippen molar-refractivity contribution >= 4 is 57.2 Å². The number of Topliss-reactive ketones (excluding diaryl/α,β-unsaturated/α-hetero) is 1. The Kier molecular flexibility index (Phi) is 7.13. The fourth-order valence-electron chi connectivity index (χ4n) is 8.80. The van der Waals surface area contributed by atoms with Gasteiger partial charge in [-0.2, -0.15) is 0 Å². The molecule has 232 valence electrons. The fourth-order valence-corrected chi connectivity index (χ4v) is 9.16. The van der Waals surface area contributed by atoms with Gasteiger partial charge in [-0.25, -0.2) is 0 Å². The van der Waals surface area contributed by atoms with Crippen LogP contribution in [-0.4, -0.2) is 28.5 Å². The summed E-state index contributed by atoms with van der Waals surface area (Å²) in [6.07, 6.45) is 4.13. The lowest BCUT2D eigenvalue weighted by molar-refractivity contribution is -0.135. The normalized spacial score (nSPS) is 28.3. The minimum absolute atomic E-state index is 0.0470. The van der Waals surface area contributed by atoms with Crippen LogP contribution in [0, 0.1) is 27.2 Å². The van der Waals surface area contributed by atoms with E-state index in [2.05, 4.69) is 22.6 Å². The van der Waals surface area contributed by atoms with Crippen molar-refractivity contribution in [3.8, 4) is 5.75 Å². The van der Waals surface area contributed by atoms with Crippen molar-refractivity contribution in [2.24, 2.45) is 23.7 Å². The molecule has 7 heteroatoms. The summed E-state index contributed by atoms with van der Waals surface area (Å²) in [5.74, 6) is -3.97. The summed E-state index contributed by atoms with van der Waals surface area (Å²) in [5.41, 5.74) is 2.53. The summed E-state index contributed by atoms with van der Waals surface area (Å²) in [5, 5.41) is 10.7. The molecular weight excluding hydrogens is 701 g/mol. The number of benzene rings is 4. The Bertz CT molecular complexity index is 2020. The van der Waals surface area contributed by atoms with Crippen LogP contribution >= 0.6 is 22.6 Å². The SMILES string of the molecule is O=C1C(c2ccccc2)=CC(=O)C2(c3ccccc3)C1CC1C(=CCC3C(=O)N(c4ccc(I)cc4)C(=O)C31)C2c1cccc(O)c1. The number of anilines is 1. The molecule has 1 saturated heterocycles. The van der Waals surface area contributed by atoms with Gasteiger partial charge in [-0.05, 0) is 101 Å². The topological polar surface area (TPSA) is 91.8 Å². The lowest BCUT2D eigenvalue weighted by Gasteiger charge is -2.55. The van der Waals surface area contributed by atoms with Crippen molar-refractivity contribution in [1.29, 1.82) is 0 Å². The van der Waals surface area contributed by atoms with Gasteiger partial charge in [0.25, 0.3) is 0 Å². The van der Waals surface area contributed by atoms with Gasteiger partial charge in [0, 0.05) is 21.0 Å². The van der Waals surface area contributed by atoms with Gasteiger partial charge in [0.2, 0.25) is 11.8 Å². The Hall–Kier alpha value is -4.63. The second-order valence-electron chi connectivity index (χ2n) is 12.9. The monoisotopic (exact) mass is 731 g/mol. The first-order chi connectivity index (χ1) is 22.8. The van der Waals surface area contributed by atoms with Gasteiger partial charge < -0.3 is 5.11 Å². The van der Waals surface area contributed by atoms with Crippen LogP contribution in [0.25, 0.3) is 5.57 Å². The molecule has 0 spiro atoms. The van der Waals surface area contributed by atoms with Crippen LogP contribution in [-0.2, 0) is 24.6 Å². The Morgan fingerprint density at radius 2 is 1.47 bits per heavy atom. The number of carbonyl (C=O) groups is 4. The molecule has 4 aromatic carbocycles. The largest absolute Gasteiger partial charge is 0.508 e. The number of rotatable bonds is 4. The van der Waals surface area contributed by atoms with E-state index in [4.69, 9.17) is 0 Å². The zero-order chi connectivity index (χ0) is 32.4. The van der Waals surface area contributed by atoms with Gasteiger partial charge in [0.05, 0.1) is 22.9 Å². The third-order valence-corrected chi connectivity index (χ3v) is 11.4. The average Bonchev–Trinajstić information content (AvgIpc) is 3.35. The Labute approximate surface area is 286 Å².